The van der Waals surface area contributed by atoms with Gasteiger partial charge in [-0.2, -0.15) is 5.26 Å². The average Bonchev–Trinajstić information content (AvgIpc) is 3.95. The number of nitrogens with two attached hydrogens (primary N) is 2. The van der Waals surface area contributed by atoms with E-state index in [1.165, 1.54) is 68.6 Å². The molecule has 81 heavy (non-hydrogen) atoms. The Morgan fingerprint density at radius 3 is 1.26 bits per heavy atom. The summed E-state index contributed by atoms with van der Waals surface area (Å²) in [5, 5.41) is 17.2. The highest BCUT2D eigenvalue weighted by molar-refractivity contribution is 7.16. The Kier molecular flexibility index (Phi) is 31.1. The van der Waals surface area contributed by atoms with Gasteiger partial charge in [-0.3, -0.25) is 29.4 Å². The number of halogens is 3. The molecule has 0 spiro atoms. The molecule has 0 saturated carbocycles. The minimum Gasteiger partial charge on any atom is -0.412 e. The number of thiazole rings is 1. The zero-order chi connectivity index (χ0) is 55.3. The number of hydrogen-bond donors (Lipinski definition) is 5. The molecule has 11 N–H and O–H groups in total. The van der Waals surface area contributed by atoms with Crippen molar-refractivity contribution in [2.75, 3.05) is 223 Å². The van der Waals surface area contributed by atoms with Gasteiger partial charge in [0.25, 0.3) is 0 Å². The average molecular weight is 1210 g/mol. The highest BCUT2D eigenvalue weighted by atomic mass is 35.5. The van der Waals surface area contributed by atoms with Crippen LogP contribution in [0, 0.1) is 11.3 Å². The molecule has 0 bridgehead atoms. The van der Waals surface area contributed by atoms with E-state index in [2.05, 4.69) is 101 Å². The molecular weight excluding hydrogens is 1130 g/mol. The van der Waals surface area contributed by atoms with Gasteiger partial charge in [-0.1, -0.05) is 46.1 Å². The SMILES string of the molecule is C1CN(CCN2CCOCC2)CCN1.Clc1cc(Cl)ncn1.N.N#Cc1cnc(Nc2cc(N3CCN(CCN4CCOCC4)CC3)ncn2)s1.Nc1cc(Cl)ncn1.Nc1cc(N2CCN(CCN3CCOCC3)CC2)ncn1.O. The van der Waals surface area contributed by atoms with Gasteiger partial charge in [-0.05, 0) is 0 Å². The van der Waals surface area contributed by atoms with Gasteiger partial charge >= 0.3 is 0 Å². The van der Waals surface area contributed by atoms with Crippen molar-refractivity contribution >= 4 is 80.4 Å². The third-order valence-corrected chi connectivity index (χ3v) is 15.0. The summed E-state index contributed by atoms with van der Waals surface area (Å²) in [4.78, 5) is 55.8. The molecule has 31 heteroatoms. The minimum absolute atomic E-state index is 0. The van der Waals surface area contributed by atoms with Crippen molar-refractivity contribution in [1.29, 1.82) is 5.26 Å². The summed E-state index contributed by atoms with van der Waals surface area (Å²) in [6, 6.07) is 8.85. The number of hydrogen-bond acceptors (Lipinski definition) is 27. The van der Waals surface area contributed by atoms with Crippen LogP contribution in [0.2, 0.25) is 15.5 Å². The number of nitriles is 1. The first-order chi connectivity index (χ1) is 38.6. The molecule has 0 aromatic carbocycles. The predicted octanol–water partition coefficient (Wildman–Crippen LogP) is 1.57. The Labute approximate surface area is 494 Å². The zero-order valence-corrected chi connectivity index (χ0v) is 49.2. The number of aromatic nitrogens is 9. The maximum atomic E-state index is 8.91. The largest absolute Gasteiger partial charge is 0.412 e. The summed E-state index contributed by atoms with van der Waals surface area (Å²) >= 11 is 17.5. The molecule has 27 nitrogen and oxygen atoms in total. The highest BCUT2D eigenvalue weighted by Crippen LogP contribution is 2.23. The van der Waals surface area contributed by atoms with Crippen LogP contribution < -0.4 is 38.1 Å². The second-order valence-corrected chi connectivity index (χ2v) is 21.1. The summed E-state index contributed by atoms with van der Waals surface area (Å²) in [5.41, 5.74) is 10.9. The van der Waals surface area contributed by atoms with Crippen LogP contribution in [0.25, 0.3) is 0 Å². The third kappa shape index (κ3) is 25.5. The predicted molar refractivity (Wildman–Crippen MR) is 319 cm³/mol. The van der Waals surface area contributed by atoms with Gasteiger partial charge < -0.3 is 57.7 Å². The fourth-order valence-corrected chi connectivity index (χ4v) is 10.1. The monoisotopic (exact) mass is 1200 g/mol. The second-order valence-electron chi connectivity index (χ2n) is 18.9. The first-order valence-corrected chi connectivity index (χ1v) is 28.8. The molecule has 11 rings (SSSR count). The van der Waals surface area contributed by atoms with E-state index in [1.54, 1.807) is 12.5 Å². The van der Waals surface area contributed by atoms with E-state index in [4.69, 9.17) is 65.7 Å². The number of anilines is 6. The van der Waals surface area contributed by atoms with Crippen molar-refractivity contribution in [2.24, 2.45) is 0 Å². The van der Waals surface area contributed by atoms with Crippen LogP contribution in [0.5, 0.6) is 0 Å². The van der Waals surface area contributed by atoms with Crippen molar-refractivity contribution in [3.63, 3.8) is 0 Å². The lowest BCUT2D eigenvalue weighted by Crippen LogP contribution is -2.49. The van der Waals surface area contributed by atoms with E-state index in [0.717, 1.165) is 182 Å². The van der Waals surface area contributed by atoms with Gasteiger partial charge in [0.2, 0.25) is 0 Å². The van der Waals surface area contributed by atoms with Crippen LogP contribution in [0.1, 0.15) is 4.88 Å². The molecule has 446 valence electrons. The molecule has 0 aliphatic carbocycles. The van der Waals surface area contributed by atoms with Crippen LogP contribution >= 0.6 is 46.1 Å². The standard InChI is InChI=1S/C18H24N8OS.C14H24N6O.C10H21N3O.C4H2Cl2N2.C4H4ClN3.H3N.H2O/c19-12-15-13-20-18(28-15)23-16-11-17(22-14-21-16)26-5-3-24(4-6-26)1-2-25-7-9-27-10-8-25;15-13-11-14(17-12-16-13)20-5-3-18(4-6-20)1-2-19-7-9-21-10-8-19;1-3-12(4-2-11-1)5-6-13-7-9-14-10-8-13;2*5-3-1-4(6)8-2-7-3;;/h11,13-14H,1-10H2,(H,20,21,22,23);11-12H,1-10H2,(H2,15,16,17);11H,1-10H2;1-2H;1-2H,(H2,6,7,8);1H3;1H2. The number of nitrogen functional groups attached to an aromatic ring is 2. The van der Waals surface area contributed by atoms with Crippen LogP contribution in [0.3, 0.4) is 0 Å². The molecule has 0 amide bonds. The molecule has 0 unspecified atom stereocenters. The van der Waals surface area contributed by atoms with Crippen molar-refractivity contribution in [3.8, 4) is 6.07 Å². The molecule has 6 aliphatic heterocycles. The van der Waals surface area contributed by atoms with Gasteiger partial charge in [0, 0.05) is 181 Å². The lowest BCUT2D eigenvalue weighted by atomic mass is 10.3. The van der Waals surface area contributed by atoms with E-state index in [1.807, 2.05) is 12.1 Å². The molecule has 0 radical (unpaired) electrons. The summed E-state index contributed by atoms with van der Waals surface area (Å²) in [6.07, 6.45) is 7.30. The first-order valence-electron chi connectivity index (χ1n) is 26.8. The number of morpholine rings is 3. The Balaban J connectivity index is 0.000000200. The molecular formula is C50H80Cl3N23O4S. The highest BCUT2D eigenvalue weighted by Gasteiger charge is 2.22. The van der Waals surface area contributed by atoms with Crippen LogP contribution in [0.15, 0.2) is 55.8 Å². The molecule has 6 saturated heterocycles. The minimum atomic E-state index is 0. The number of rotatable bonds is 13. The molecule has 5 aromatic heterocycles. The zero-order valence-electron chi connectivity index (χ0n) is 46.1. The van der Waals surface area contributed by atoms with Gasteiger partial charge in [0.05, 0.1) is 45.8 Å². The number of nitrogens with zero attached hydrogens (tertiary/aromatic N) is 18. The third-order valence-electron chi connectivity index (χ3n) is 13.5. The Morgan fingerprint density at radius 1 is 0.494 bits per heavy atom. The molecule has 11 heterocycles. The molecule has 5 aromatic rings. The number of nitrogens with one attached hydrogen (secondary N) is 2. The lowest BCUT2D eigenvalue weighted by molar-refractivity contribution is 0.0328. The smallest absolute Gasteiger partial charge is 0.189 e. The fourth-order valence-electron chi connectivity index (χ4n) is 8.93. The lowest BCUT2D eigenvalue weighted by Gasteiger charge is -2.36. The maximum Gasteiger partial charge on any atom is 0.189 e. The van der Waals surface area contributed by atoms with Crippen molar-refractivity contribution in [3.05, 3.63) is 76.1 Å². The summed E-state index contributed by atoms with van der Waals surface area (Å²) in [6.45, 7) is 31.6. The van der Waals surface area contributed by atoms with E-state index in [0.29, 0.717) is 42.9 Å². The Morgan fingerprint density at radius 2 is 0.877 bits per heavy atom. The van der Waals surface area contributed by atoms with E-state index >= 15 is 0 Å². The number of ether oxygens (including phenoxy) is 3. The topological polar surface area (TPSA) is 336 Å². The van der Waals surface area contributed by atoms with Crippen LogP contribution in [-0.2, 0) is 14.2 Å². The number of piperazine rings is 3. The second kappa shape index (κ2) is 37.8. The van der Waals surface area contributed by atoms with Crippen LogP contribution in [-0.4, -0.2) is 276 Å². The maximum absolute atomic E-state index is 8.91. The Hall–Kier alpha value is -5.17. The molecule has 6 fully saturated rings. The van der Waals surface area contributed by atoms with Crippen molar-refractivity contribution < 1.29 is 19.7 Å². The quantitative estimate of drug-likeness (QED) is 0.104. The van der Waals surface area contributed by atoms with Gasteiger partial charge in [-0.25, -0.2) is 44.9 Å². The summed E-state index contributed by atoms with van der Waals surface area (Å²) in [7, 11) is 0. The van der Waals surface area contributed by atoms with Gasteiger partial charge in [0.15, 0.2) is 5.13 Å². The van der Waals surface area contributed by atoms with E-state index < -0.39 is 0 Å². The van der Waals surface area contributed by atoms with Crippen LogP contribution in [0.4, 0.5) is 34.2 Å². The van der Waals surface area contributed by atoms with Crippen molar-refractivity contribution in [2.45, 2.75) is 0 Å². The van der Waals surface area contributed by atoms with E-state index in [-0.39, 0.29) is 11.6 Å². The summed E-state index contributed by atoms with van der Waals surface area (Å²) < 4.78 is 16.1. The van der Waals surface area contributed by atoms with E-state index in [9.17, 15) is 0 Å². The molecule has 6 aliphatic rings. The first kappa shape index (κ1) is 66.6. The van der Waals surface area contributed by atoms with Crippen molar-refractivity contribution in [1.82, 2.24) is 85.7 Å². The molecule has 0 atom stereocenters. The summed E-state index contributed by atoms with van der Waals surface area (Å²) in [5.74, 6) is 3.48. The normalized spacial score (nSPS) is 18.5. The van der Waals surface area contributed by atoms with Gasteiger partial charge in [-0.15, -0.1) is 0 Å². The fraction of sp³-hybridized carbons (Fsp3) is 0.600. The van der Waals surface area contributed by atoms with Gasteiger partial charge in [0.1, 0.15) is 80.8 Å². The Bertz CT molecular complexity index is 2430.